The SMILES string of the molecule is CCCCCCl.ClCCCl. The van der Waals surface area contributed by atoms with Crippen LogP contribution in [0.2, 0.25) is 0 Å². The first-order valence-corrected chi connectivity index (χ1v) is 5.11. The fourth-order valence-electron chi connectivity index (χ4n) is 0.344. The third-order valence-electron chi connectivity index (χ3n) is 0.809. The van der Waals surface area contributed by atoms with Crippen molar-refractivity contribution in [3.8, 4) is 0 Å². The lowest BCUT2D eigenvalue weighted by Gasteiger charge is -1.84. The summed E-state index contributed by atoms with van der Waals surface area (Å²) in [5.41, 5.74) is 0. The molecule has 0 aliphatic heterocycles. The molecule has 0 aliphatic rings. The van der Waals surface area contributed by atoms with Crippen LogP contribution in [-0.4, -0.2) is 17.6 Å². The molecule has 0 amide bonds. The smallest absolute Gasteiger partial charge is 0.0359 e. The fraction of sp³-hybridized carbons (Fsp3) is 1.00. The lowest BCUT2D eigenvalue weighted by molar-refractivity contribution is 0.776. The van der Waals surface area contributed by atoms with Gasteiger partial charge in [-0.15, -0.1) is 34.8 Å². The molecule has 0 heterocycles. The van der Waals surface area contributed by atoms with Gasteiger partial charge in [-0.2, -0.15) is 0 Å². The first kappa shape index (κ1) is 13.5. The predicted octanol–water partition coefficient (Wildman–Crippen LogP) is 3.88. The summed E-state index contributed by atoms with van der Waals surface area (Å²) < 4.78 is 0. The second-order valence-electron chi connectivity index (χ2n) is 1.77. The molecular formula is C7H15Cl3. The summed E-state index contributed by atoms with van der Waals surface area (Å²) in [4.78, 5) is 0. The average Bonchev–Trinajstić information content (AvgIpc) is 2.01. The van der Waals surface area contributed by atoms with E-state index < -0.39 is 0 Å². The molecular weight excluding hydrogens is 190 g/mol. The van der Waals surface area contributed by atoms with Crippen molar-refractivity contribution in [1.29, 1.82) is 0 Å². The highest BCUT2D eigenvalue weighted by Crippen LogP contribution is 1.93. The quantitative estimate of drug-likeness (QED) is 0.483. The molecule has 0 nitrogen and oxygen atoms in total. The molecule has 0 saturated carbocycles. The number of alkyl halides is 3. The standard InChI is InChI=1S/C5H11Cl.C2H4Cl2/c1-2-3-4-5-6;3-1-2-4/h2-5H2,1H3;1-2H2. The van der Waals surface area contributed by atoms with E-state index in [4.69, 9.17) is 34.8 Å². The van der Waals surface area contributed by atoms with Crippen molar-refractivity contribution in [3.63, 3.8) is 0 Å². The number of hydrogen-bond acceptors (Lipinski definition) is 0. The van der Waals surface area contributed by atoms with E-state index in [1.54, 1.807) is 0 Å². The van der Waals surface area contributed by atoms with Crippen LogP contribution in [0.1, 0.15) is 26.2 Å². The number of rotatable bonds is 4. The lowest BCUT2D eigenvalue weighted by atomic mass is 10.3. The molecule has 0 atom stereocenters. The normalized spacial score (nSPS) is 8.40. The van der Waals surface area contributed by atoms with Crippen LogP contribution in [0.25, 0.3) is 0 Å². The number of unbranched alkanes of at least 4 members (excludes halogenated alkanes) is 2. The predicted molar refractivity (Wildman–Crippen MR) is 51.7 cm³/mol. The van der Waals surface area contributed by atoms with Gasteiger partial charge in [0.25, 0.3) is 0 Å². The van der Waals surface area contributed by atoms with E-state index in [-0.39, 0.29) is 0 Å². The van der Waals surface area contributed by atoms with Crippen molar-refractivity contribution < 1.29 is 0 Å². The Morgan fingerprint density at radius 2 is 1.30 bits per heavy atom. The molecule has 0 rings (SSSR count). The first-order chi connectivity index (χ1) is 4.83. The van der Waals surface area contributed by atoms with Crippen LogP contribution in [0.3, 0.4) is 0 Å². The van der Waals surface area contributed by atoms with Crippen LogP contribution in [-0.2, 0) is 0 Å². The molecule has 3 heteroatoms. The second-order valence-corrected chi connectivity index (χ2v) is 2.91. The highest BCUT2D eigenvalue weighted by molar-refractivity contribution is 6.25. The van der Waals surface area contributed by atoms with Gasteiger partial charge in [0, 0.05) is 17.6 Å². The van der Waals surface area contributed by atoms with Gasteiger partial charge in [-0.05, 0) is 6.42 Å². The van der Waals surface area contributed by atoms with Gasteiger partial charge in [-0.1, -0.05) is 19.8 Å². The Balaban J connectivity index is 0. The molecule has 0 aromatic heterocycles. The van der Waals surface area contributed by atoms with Crippen LogP contribution < -0.4 is 0 Å². The summed E-state index contributed by atoms with van der Waals surface area (Å²) in [6.07, 6.45) is 3.73. The summed E-state index contributed by atoms with van der Waals surface area (Å²) in [5, 5.41) is 0. The van der Waals surface area contributed by atoms with Crippen molar-refractivity contribution >= 4 is 34.8 Å². The van der Waals surface area contributed by atoms with Crippen LogP contribution >= 0.6 is 34.8 Å². The molecule has 64 valence electrons. The minimum atomic E-state index is 0.557. The van der Waals surface area contributed by atoms with E-state index in [2.05, 4.69) is 6.92 Å². The van der Waals surface area contributed by atoms with Crippen molar-refractivity contribution in [2.24, 2.45) is 0 Å². The van der Waals surface area contributed by atoms with E-state index in [9.17, 15) is 0 Å². The minimum absolute atomic E-state index is 0.557. The van der Waals surface area contributed by atoms with Crippen LogP contribution in [0.4, 0.5) is 0 Å². The molecule has 0 N–H and O–H groups in total. The maximum absolute atomic E-state index is 5.38. The van der Waals surface area contributed by atoms with Gasteiger partial charge < -0.3 is 0 Å². The Kier molecular flexibility index (Phi) is 22.1. The van der Waals surface area contributed by atoms with Crippen molar-refractivity contribution in [2.45, 2.75) is 26.2 Å². The average molecular weight is 206 g/mol. The highest BCUT2D eigenvalue weighted by Gasteiger charge is 1.76. The molecule has 0 fully saturated rings. The molecule has 0 saturated heterocycles. The van der Waals surface area contributed by atoms with Gasteiger partial charge >= 0.3 is 0 Å². The molecule has 0 bridgehead atoms. The summed E-state index contributed by atoms with van der Waals surface area (Å²) >= 11 is 15.5. The Hall–Kier alpha value is 0.870. The Morgan fingerprint density at radius 1 is 0.800 bits per heavy atom. The minimum Gasteiger partial charge on any atom is -0.127 e. The van der Waals surface area contributed by atoms with Gasteiger partial charge in [0.05, 0.1) is 0 Å². The molecule has 10 heavy (non-hydrogen) atoms. The first-order valence-electron chi connectivity index (χ1n) is 3.51. The third-order valence-corrected chi connectivity index (χ3v) is 1.65. The molecule has 0 unspecified atom stereocenters. The summed E-state index contributed by atoms with van der Waals surface area (Å²) in [6, 6.07) is 0. The topological polar surface area (TPSA) is 0 Å². The van der Waals surface area contributed by atoms with E-state index >= 15 is 0 Å². The van der Waals surface area contributed by atoms with Gasteiger partial charge in [0.15, 0.2) is 0 Å². The maximum Gasteiger partial charge on any atom is 0.0359 e. The van der Waals surface area contributed by atoms with Gasteiger partial charge in [-0.25, -0.2) is 0 Å². The molecule has 0 aromatic rings. The van der Waals surface area contributed by atoms with Crippen molar-refractivity contribution in [3.05, 3.63) is 0 Å². The van der Waals surface area contributed by atoms with Gasteiger partial charge in [0.1, 0.15) is 0 Å². The van der Waals surface area contributed by atoms with Crippen LogP contribution in [0.5, 0.6) is 0 Å². The number of hydrogen-bond donors (Lipinski definition) is 0. The molecule has 0 aliphatic carbocycles. The third kappa shape index (κ3) is 23.2. The van der Waals surface area contributed by atoms with E-state index in [1.807, 2.05) is 0 Å². The highest BCUT2D eigenvalue weighted by atomic mass is 35.5. The van der Waals surface area contributed by atoms with E-state index in [0.717, 1.165) is 5.88 Å². The summed E-state index contributed by atoms with van der Waals surface area (Å²) in [7, 11) is 0. The van der Waals surface area contributed by atoms with E-state index in [1.165, 1.54) is 19.3 Å². The van der Waals surface area contributed by atoms with Crippen LogP contribution in [0.15, 0.2) is 0 Å². The Bertz CT molecular complexity index is 33.8. The van der Waals surface area contributed by atoms with Gasteiger partial charge in [0.2, 0.25) is 0 Å². The summed E-state index contributed by atoms with van der Waals surface area (Å²) in [5.74, 6) is 1.94. The zero-order valence-electron chi connectivity index (χ0n) is 6.38. The molecule has 0 radical (unpaired) electrons. The monoisotopic (exact) mass is 204 g/mol. The van der Waals surface area contributed by atoms with E-state index in [0.29, 0.717) is 11.8 Å². The Labute approximate surface area is 78.8 Å². The molecule has 0 aromatic carbocycles. The largest absolute Gasteiger partial charge is 0.127 e. The van der Waals surface area contributed by atoms with Crippen molar-refractivity contribution in [2.75, 3.05) is 17.6 Å². The zero-order chi connectivity index (χ0) is 8.24. The Morgan fingerprint density at radius 3 is 1.40 bits per heavy atom. The zero-order valence-corrected chi connectivity index (χ0v) is 8.64. The van der Waals surface area contributed by atoms with Crippen molar-refractivity contribution in [1.82, 2.24) is 0 Å². The second kappa shape index (κ2) is 16.5. The number of halogens is 3. The molecule has 0 spiro atoms. The van der Waals surface area contributed by atoms with Crippen LogP contribution in [0, 0.1) is 0 Å². The summed E-state index contributed by atoms with van der Waals surface area (Å²) in [6.45, 7) is 2.17. The lowest BCUT2D eigenvalue weighted by Crippen LogP contribution is -1.70. The maximum atomic E-state index is 5.38. The van der Waals surface area contributed by atoms with Gasteiger partial charge in [-0.3, -0.25) is 0 Å². The fourth-order valence-corrected chi connectivity index (χ4v) is 0.533.